The van der Waals surface area contributed by atoms with Gasteiger partial charge in [-0.25, -0.2) is 0 Å². The van der Waals surface area contributed by atoms with E-state index in [2.05, 4.69) is 13.2 Å². The summed E-state index contributed by atoms with van der Waals surface area (Å²) in [5.74, 6) is 0.206. The minimum absolute atomic E-state index is 0.206. The van der Waals surface area contributed by atoms with Crippen molar-refractivity contribution in [2.24, 2.45) is 0 Å². The number of hydrogen-bond donors (Lipinski definition) is 0. The van der Waals surface area contributed by atoms with Gasteiger partial charge in [-0.3, -0.25) is 0 Å². The zero-order chi connectivity index (χ0) is 7.28. The highest BCUT2D eigenvalue weighted by atomic mass is 16.1. The van der Waals surface area contributed by atoms with E-state index in [1.807, 2.05) is 0 Å². The molecule has 1 heteroatoms. The van der Waals surface area contributed by atoms with Crippen LogP contribution in [0.1, 0.15) is 19.8 Å². The SMILES string of the molecule is C=CC(=C)CCC(C)=O. The Kier molecular flexibility index (Phi) is 3.69. The molecule has 0 amide bonds. The summed E-state index contributed by atoms with van der Waals surface area (Å²) in [6, 6.07) is 0. The van der Waals surface area contributed by atoms with E-state index in [4.69, 9.17) is 0 Å². The van der Waals surface area contributed by atoms with Crippen LogP contribution in [-0.4, -0.2) is 5.78 Å². The molecule has 0 spiro atoms. The molecule has 0 aliphatic heterocycles. The summed E-state index contributed by atoms with van der Waals surface area (Å²) in [6.45, 7) is 8.78. The topological polar surface area (TPSA) is 17.1 Å². The predicted octanol–water partition coefficient (Wildman–Crippen LogP) is 2.10. The van der Waals surface area contributed by atoms with Crippen LogP contribution < -0.4 is 0 Å². The highest BCUT2D eigenvalue weighted by Gasteiger charge is 1.92. The number of Topliss-reactive ketones (excluding diaryl/α,β-unsaturated/α-hetero) is 1. The van der Waals surface area contributed by atoms with Gasteiger partial charge in [0.15, 0.2) is 0 Å². The standard InChI is InChI=1S/C8H12O/c1-4-7(2)5-6-8(3)9/h4H,1-2,5-6H2,3H3. The average Bonchev–Trinajstić information content (AvgIpc) is 1.83. The van der Waals surface area contributed by atoms with Gasteiger partial charge in [-0.15, -0.1) is 0 Å². The van der Waals surface area contributed by atoms with E-state index in [1.54, 1.807) is 13.0 Å². The van der Waals surface area contributed by atoms with Crippen molar-refractivity contribution >= 4 is 5.78 Å². The third-order valence-electron chi connectivity index (χ3n) is 1.09. The molecule has 0 aromatic rings. The van der Waals surface area contributed by atoms with Crippen LogP contribution in [0.5, 0.6) is 0 Å². The van der Waals surface area contributed by atoms with Gasteiger partial charge < -0.3 is 4.79 Å². The highest BCUT2D eigenvalue weighted by molar-refractivity contribution is 5.75. The first-order valence-electron chi connectivity index (χ1n) is 2.96. The van der Waals surface area contributed by atoms with E-state index in [0.717, 1.165) is 12.0 Å². The Hall–Kier alpha value is -0.850. The molecular weight excluding hydrogens is 112 g/mol. The monoisotopic (exact) mass is 124 g/mol. The Morgan fingerprint density at radius 3 is 2.44 bits per heavy atom. The van der Waals surface area contributed by atoms with E-state index in [9.17, 15) is 4.79 Å². The number of allylic oxidation sites excluding steroid dienone is 2. The zero-order valence-electron chi connectivity index (χ0n) is 5.81. The second-order valence-corrected chi connectivity index (χ2v) is 2.06. The van der Waals surface area contributed by atoms with Crippen molar-refractivity contribution in [3.05, 3.63) is 24.8 Å². The molecular formula is C8H12O. The van der Waals surface area contributed by atoms with E-state index in [-0.39, 0.29) is 5.78 Å². The van der Waals surface area contributed by atoms with Gasteiger partial charge in [0.1, 0.15) is 5.78 Å². The molecule has 0 heterocycles. The summed E-state index contributed by atoms with van der Waals surface area (Å²) in [5.41, 5.74) is 0.935. The van der Waals surface area contributed by atoms with Crippen LogP contribution in [0, 0.1) is 0 Å². The smallest absolute Gasteiger partial charge is 0.130 e. The van der Waals surface area contributed by atoms with E-state index >= 15 is 0 Å². The quantitative estimate of drug-likeness (QED) is 0.524. The van der Waals surface area contributed by atoms with Crippen LogP contribution in [0.25, 0.3) is 0 Å². The average molecular weight is 124 g/mol. The fraction of sp³-hybridized carbons (Fsp3) is 0.375. The largest absolute Gasteiger partial charge is 0.300 e. The van der Waals surface area contributed by atoms with Gasteiger partial charge in [0.2, 0.25) is 0 Å². The molecule has 0 N–H and O–H groups in total. The van der Waals surface area contributed by atoms with E-state index < -0.39 is 0 Å². The second kappa shape index (κ2) is 4.07. The molecule has 50 valence electrons. The van der Waals surface area contributed by atoms with Crippen molar-refractivity contribution in [2.45, 2.75) is 19.8 Å². The van der Waals surface area contributed by atoms with E-state index in [0.29, 0.717) is 6.42 Å². The maximum atomic E-state index is 10.4. The van der Waals surface area contributed by atoms with Crippen molar-refractivity contribution in [3.8, 4) is 0 Å². The lowest BCUT2D eigenvalue weighted by molar-refractivity contribution is -0.116. The molecule has 0 atom stereocenters. The first kappa shape index (κ1) is 8.15. The summed E-state index contributed by atoms with van der Waals surface area (Å²) in [4.78, 5) is 10.4. The Bertz CT molecular complexity index is 134. The molecule has 0 aliphatic rings. The van der Waals surface area contributed by atoms with Crippen molar-refractivity contribution in [3.63, 3.8) is 0 Å². The molecule has 0 saturated carbocycles. The maximum absolute atomic E-state index is 10.4. The van der Waals surface area contributed by atoms with Gasteiger partial charge in [0.05, 0.1) is 0 Å². The van der Waals surface area contributed by atoms with Gasteiger partial charge >= 0.3 is 0 Å². The third-order valence-corrected chi connectivity index (χ3v) is 1.09. The van der Waals surface area contributed by atoms with Crippen molar-refractivity contribution in [1.29, 1.82) is 0 Å². The molecule has 0 aromatic heterocycles. The molecule has 0 aliphatic carbocycles. The van der Waals surface area contributed by atoms with Gasteiger partial charge in [0, 0.05) is 6.42 Å². The molecule has 9 heavy (non-hydrogen) atoms. The van der Waals surface area contributed by atoms with Crippen LogP contribution in [0.15, 0.2) is 24.8 Å². The lowest BCUT2D eigenvalue weighted by Crippen LogP contribution is -1.88. The fourth-order valence-electron chi connectivity index (χ4n) is 0.439. The Labute approximate surface area is 56.1 Å². The fourth-order valence-corrected chi connectivity index (χ4v) is 0.439. The number of carbonyl (C=O) groups excluding carboxylic acids is 1. The third kappa shape index (κ3) is 5.01. The van der Waals surface area contributed by atoms with Crippen LogP contribution in [0.2, 0.25) is 0 Å². The maximum Gasteiger partial charge on any atom is 0.130 e. The van der Waals surface area contributed by atoms with Crippen LogP contribution in [-0.2, 0) is 4.79 Å². The molecule has 0 aromatic carbocycles. The van der Waals surface area contributed by atoms with Crippen LogP contribution in [0.3, 0.4) is 0 Å². The number of hydrogen-bond acceptors (Lipinski definition) is 1. The first-order chi connectivity index (χ1) is 4.16. The predicted molar refractivity (Wildman–Crippen MR) is 39.3 cm³/mol. The van der Waals surface area contributed by atoms with Crippen molar-refractivity contribution in [1.82, 2.24) is 0 Å². The van der Waals surface area contributed by atoms with Crippen molar-refractivity contribution < 1.29 is 4.79 Å². The molecule has 0 unspecified atom stereocenters. The summed E-state index contributed by atoms with van der Waals surface area (Å²) in [6.07, 6.45) is 3.02. The van der Waals surface area contributed by atoms with Gasteiger partial charge in [-0.1, -0.05) is 24.8 Å². The summed E-state index contributed by atoms with van der Waals surface area (Å²) in [7, 11) is 0. The van der Waals surface area contributed by atoms with E-state index in [1.165, 1.54) is 0 Å². The number of ketones is 1. The Balaban J connectivity index is 3.39. The minimum Gasteiger partial charge on any atom is -0.300 e. The van der Waals surface area contributed by atoms with Crippen molar-refractivity contribution in [2.75, 3.05) is 0 Å². The molecule has 0 saturated heterocycles. The molecule has 1 nitrogen and oxygen atoms in total. The summed E-state index contributed by atoms with van der Waals surface area (Å²) in [5, 5.41) is 0. The summed E-state index contributed by atoms with van der Waals surface area (Å²) < 4.78 is 0. The zero-order valence-corrected chi connectivity index (χ0v) is 5.81. The highest BCUT2D eigenvalue weighted by Crippen LogP contribution is 2.02. The Morgan fingerprint density at radius 1 is 1.56 bits per heavy atom. The molecule has 0 fully saturated rings. The number of carbonyl (C=O) groups is 1. The molecule has 0 radical (unpaired) electrons. The van der Waals surface area contributed by atoms with Gasteiger partial charge in [0.25, 0.3) is 0 Å². The van der Waals surface area contributed by atoms with Gasteiger partial charge in [-0.05, 0) is 13.3 Å². The lowest BCUT2D eigenvalue weighted by Gasteiger charge is -1.93. The molecule has 0 rings (SSSR count). The van der Waals surface area contributed by atoms with Crippen LogP contribution in [0.4, 0.5) is 0 Å². The normalized spacial score (nSPS) is 8.56. The second-order valence-electron chi connectivity index (χ2n) is 2.06. The van der Waals surface area contributed by atoms with Crippen LogP contribution >= 0.6 is 0 Å². The summed E-state index contributed by atoms with van der Waals surface area (Å²) >= 11 is 0. The number of rotatable bonds is 4. The Morgan fingerprint density at radius 2 is 2.11 bits per heavy atom. The first-order valence-corrected chi connectivity index (χ1v) is 2.96. The van der Waals surface area contributed by atoms with Gasteiger partial charge in [-0.2, -0.15) is 0 Å². The minimum atomic E-state index is 0.206. The lowest BCUT2D eigenvalue weighted by atomic mass is 10.1. The molecule has 0 bridgehead atoms.